The van der Waals surface area contributed by atoms with Crippen molar-refractivity contribution in [3.63, 3.8) is 0 Å². The second-order valence-corrected chi connectivity index (χ2v) is 11.9. The minimum absolute atomic E-state index is 0.0136. The van der Waals surface area contributed by atoms with Crippen LogP contribution in [-0.4, -0.2) is 6.85 Å². The number of benzene rings is 4. The molecule has 2 aliphatic heterocycles. The van der Waals surface area contributed by atoms with E-state index in [1.165, 1.54) is 11.1 Å². The molecule has 0 N–H and O–H groups in total. The van der Waals surface area contributed by atoms with Gasteiger partial charge >= 0.3 is 6.85 Å². The summed E-state index contributed by atoms with van der Waals surface area (Å²) >= 11 is 0. The maximum Gasteiger partial charge on any atom is 0.335 e. The van der Waals surface area contributed by atoms with Gasteiger partial charge in [-0.1, -0.05) is 90.1 Å². The van der Waals surface area contributed by atoms with Crippen LogP contribution in [0.1, 0.15) is 52.7 Å². The fourth-order valence-corrected chi connectivity index (χ4v) is 5.21. The largest absolute Gasteiger partial charge is 0.458 e. The third-order valence-electron chi connectivity index (χ3n) is 7.29. The molecule has 4 aromatic carbocycles. The van der Waals surface area contributed by atoms with Crippen LogP contribution in [0.5, 0.6) is 23.0 Å². The highest BCUT2D eigenvalue weighted by Gasteiger charge is 2.41. The van der Waals surface area contributed by atoms with Crippen molar-refractivity contribution in [2.45, 2.75) is 52.4 Å². The van der Waals surface area contributed by atoms with E-state index >= 15 is 0 Å². The molecule has 0 atom stereocenters. The van der Waals surface area contributed by atoms with E-state index < -0.39 is 0 Å². The lowest BCUT2D eigenvalue weighted by atomic mass is 9.47. The first-order valence-corrected chi connectivity index (χ1v) is 12.7. The number of ether oxygens (including phenoxy) is 2. The van der Waals surface area contributed by atoms with Gasteiger partial charge in [-0.25, -0.2) is 0 Å². The van der Waals surface area contributed by atoms with Gasteiger partial charge in [-0.2, -0.15) is 0 Å². The Balaban J connectivity index is 1.66. The second kappa shape index (κ2) is 7.93. The van der Waals surface area contributed by atoms with Gasteiger partial charge in [-0.3, -0.25) is 0 Å². The zero-order valence-corrected chi connectivity index (χ0v) is 21.9. The van der Waals surface area contributed by atoms with E-state index in [-0.39, 0.29) is 17.7 Å². The van der Waals surface area contributed by atoms with Gasteiger partial charge in [0.15, 0.2) is 0 Å². The van der Waals surface area contributed by atoms with E-state index in [2.05, 4.69) is 119 Å². The van der Waals surface area contributed by atoms with Crippen molar-refractivity contribution in [1.29, 1.82) is 0 Å². The van der Waals surface area contributed by atoms with Crippen molar-refractivity contribution in [2.75, 3.05) is 4.81 Å². The summed E-state index contributed by atoms with van der Waals surface area (Å²) in [7, 11) is 0. The summed E-state index contributed by atoms with van der Waals surface area (Å²) in [6, 6.07) is 30.0. The molecule has 36 heavy (non-hydrogen) atoms. The van der Waals surface area contributed by atoms with E-state index in [9.17, 15) is 0 Å². The predicted molar refractivity (Wildman–Crippen MR) is 150 cm³/mol. The smallest absolute Gasteiger partial charge is 0.335 e. The Hall–Kier alpha value is -3.66. The zero-order chi connectivity index (χ0) is 25.2. The van der Waals surface area contributed by atoms with Gasteiger partial charge in [0.1, 0.15) is 23.0 Å². The Labute approximate surface area is 214 Å². The highest BCUT2D eigenvalue weighted by Crippen LogP contribution is 2.50. The molecule has 0 aromatic heterocycles. The maximum absolute atomic E-state index is 6.54. The van der Waals surface area contributed by atoms with Gasteiger partial charge in [0.25, 0.3) is 0 Å². The summed E-state index contributed by atoms with van der Waals surface area (Å²) in [6.07, 6.45) is 0. The molecule has 2 aliphatic rings. The van der Waals surface area contributed by atoms with E-state index in [0.717, 1.165) is 45.3 Å². The van der Waals surface area contributed by atoms with Gasteiger partial charge in [0, 0.05) is 0 Å². The number of nitrogens with zero attached hydrogens (tertiary/aromatic N) is 1. The Morgan fingerprint density at radius 2 is 0.944 bits per heavy atom. The molecule has 4 heteroatoms. The summed E-state index contributed by atoms with van der Waals surface area (Å²) in [5.74, 6) is 3.55. The monoisotopic (exact) mass is 473 g/mol. The topological polar surface area (TPSA) is 21.7 Å². The number of fused-ring (bicyclic) bond motifs is 4. The molecule has 0 aliphatic carbocycles. The molecule has 0 radical (unpaired) electrons. The highest BCUT2D eigenvalue weighted by atomic mass is 16.5. The molecular formula is C32H32BNO2. The SMILES string of the molecule is CC(C)(C)c1ccc2c(c1)N(B1c3ccccc3Oc3ccccc31)c1cc(C(C)(C)C)ccc1O2. The van der Waals surface area contributed by atoms with Crippen molar-refractivity contribution >= 4 is 29.1 Å². The Morgan fingerprint density at radius 3 is 1.39 bits per heavy atom. The number of anilines is 2. The summed E-state index contributed by atoms with van der Waals surface area (Å²) in [5, 5.41) is 0. The van der Waals surface area contributed by atoms with Crippen LogP contribution < -0.4 is 25.2 Å². The van der Waals surface area contributed by atoms with Crippen LogP contribution in [0.4, 0.5) is 11.4 Å². The number of hydrogen-bond acceptors (Lipinski definition) is 3. The van der Waals surface area contributed by atoms with Crippen LogP contribution >= 0.6 is 0 Å². The molecule has 4 aromatic rings. The standard InChI is InChI=1S/C32H32BNO2/c1-31(2,3)21-15-17-29-25(19-21)34(26-20-22(32(4,5)6)16-18-30(26)36-29)33-23-11-7-9-13-27(23)35-28-14-10-8-12-24(28)33/h7-20H,1-6H3. The normalized spacial score (nSPS) is 14.2. The van der Waals surface area contributed by atoms with Gasteiger partial charge in [0.2, 0.25) is 0 Å². The fraction of sp³-hybridized carbons (Fsp3) is 0.250. The van der Waals surface area contributed by atoms with Crippen LogP contribution in [0, 0.1) is 0 Å². The number of hydrogen-bond donors (Lipinski definition) is 0. The summed E-state index contributed by atoms with van der Waals surface area (Å²) < 4.78 is 12.9. The lowest BCUT2D eigenvalue weighted by Gasteiger charge is -2.41. The molecule has 6 rings (SSSR count). The van der Waals surface area contributed by atoms with E-state index in [0.29, 0.717) is 0 Å². The number of para-hydroxylation sites is 2. The van der Waals surface area contributed by atoms with Crippen molar-refractivity contribution in [1.82, 2.24) is 0 Å². The third-order valence-corrected chi connectivity index (χ3v) is 7.29. The van der Waals surface area contributed by atoms with Crippen molar-refractivity contribution in [3.8, 4) is 23.0 Å². The molecule has 0 amide bonds. The Bertz CT molecular complexity index is 1370. The molecule has 180 valence electrons. The van der Waals surface area contributed by atoms with Gasteiger partial charge < -0.3 is 14.3 Å². The molecule has 0 bridgehead atoms. The molecule has 3 nitrogen and oxygen atoms in total. The Kier molecular flexibility index (Phi) is 5.02. The van der Waals surface area contributed by atoms with E-state index in [4.69, 9.17) is 9.47 Å². The fourth-order valence-electron chi connectivity index (χ4n) is 5.21. The average Bonchev–Trinajstić information content (AvgIpc) is 2.84. The summed E-state index contributed by atoms with van der Waals surface area (Å²) in [6.45, 7) is 13.5. The number of rotatable bonds is 1. The van der Waals surface area contributed by atoms with Crippen molar-refractivity contribution in [3.05, 3.63) is 96.1 Å². The van der Waals surface area contributed by atoms with Crippen molar-refractivity contribution in [2.24, 2.45) is 0 Å². The van der Waals surface area contributed by atoms with Gasteiger partial charge in [0.05, 0.1) is 11.4 Å². The Morgan fingerprint density at radius 1 is 0.528 bits per heavy atom. The molecule has 0 spiro atoms. The third kappa shape index (κ3) is 3.67. The van der Waals surface area contributed by atoms with Crippen LogP contribution in [-0.2, 0) is 10.8 Å². The van der Waals surface area contributed by atoms with Crippen LogP contribution in [0.2, 0.25) is 0 Å². The minimum atomic E-state index is -0.0574. The lowest BCUT2D eigenvalue weighted by Crippen LogP contribution is -2.57. The van der Waals surface area contributed by atoms with Crippen LogP contribution in [0.25, 0.3) is 0 Å². The summed E-state index contributed by atoms with van der Waals surface area (Å²) in [5.41, 5.74) is 7.04. The van der Waals surface area contributed by atoms with E-state index in [1.54, 1.807) is 0 Å². The first-order valence-electron chi connectivity index (χ1n) is 12.7. The van der Waals surface area contributed by atoms with Gasteiger partial charge in [-0.15, -0.1) is 0 Å². The first-order chi connectivity index (χ1) is 17.1. The molecule has 2 heterocycles. The lowest BCUT2D eigenvalue weighted by molar-refractivity contribution is 0.474. The molecule has 0 unspecified atom stereocenters. The van der Waals surface area contributed by atoms with Gasteiger partial charge in [-0.05, 0) is 69.3 Å². The van der Waals surface area contributed by atoms with Crippen LogP contribution in [0.15, 0.2) is 84.9 Å². The molecule has 0 fully saturated rings. The zero-order valence-electron chi connectivity index (χ0n) is 21.9. The predicted octanol–water partition coefficient (Wildman–Crippen LogP) is 7.44. The quantitative estimate of drug-likeness (QED) is 0.268. The first kappa shape index (κ1) is 22.8. The second-order valence-electron chi connectivity index (χ2n) is 11.9. The molecular weight excluding hydrogens is 441 g/mol. The van der Waals surface area contributed by atoms with Crippen molar-refractivity contribution < 1.29 is 9.47 Å². The summed E-state index contributed by atoms with van der Waals surface area (Å²) in [4.78, 5) is 2.47. The molecule has 0 saturated heterocycles. The van der Waals surface area contributed by atoms with Crippen LogP contribution in [0.3, 0.4) is 0 Å². The molecule has 0 saturated carbocycles. The maximum atomic E-state index is 6.54. The minimum Gasteiger partial charge on any atom is -0.458 e. The highest BCUT2D eigenvalue weighted by molar-refractivity contribution is 6.90. The average molecular weight is 473 g/mol. The van der Waals surface area contributed by atoms with E-state index in [1.807, 2.05) is 12.1 Å².